The molecule has 0 aliphatic rings. The zero-order valence-corrected chi connectivity index (χ0v) is 18.6. The van der Waals surface area contributed by atoms with Crippen LogP contribution in [0.25, 0.3) is 0 Å². The number of hydrogen-bond donors (Lipinski definition) is 1. The van der Waals surface area contributed by atoms with E-state index in [0.29, 0.717) is 5.92 Å². The molecule has 0 saturated carbocycles. The minimum atomic E-state index is 0. The Labute approximate surface area is 168 Å². The zero-order chi connectivity index (χ0) is 17.2. The van der Waals surface area contributed by atoms with Gasteiger partial charge in [0.25, 0.3) is 0 Å². The van der Waals surface area contributed by atoms with Gasteiger partial charge in [0.2, 0.25) is 0 Å². The van der Waals surface area contributed by atoms with Gasteiger partial charge in [0.1, 0.15) is 0 Å². The smallest absolute Gasteiger partial charge is 0.194 e. The monoisotopic (exact) mass is 470 g/mol. The summed E-state index contributed by atoms with van der Waals surface area (Å²) in [6.07, 6.45) is 2.85. The maximum Gasteiger partial charge on any atom is 0.194 e. The van der Waals surface area contributed by atoms with E-state index in [1.165, 1.54) is 0 Å². The van der Waals surface area contributed by atoms with E-state index in [1.807, 2.05) is 30.9 Å². The van der Waals surface area contributed by atoms with Gasteiger partial charge in [-0.2, -0.15) is 0 Å². The van der Waals surface area contributed by atoms with E-state index in [9.17, 15) is 0 Å². The molecular weight excluding hydrogens is 439 g/mol. The molecule has 24 heavy (non-hydrogen) atoms. The van der Waals surface area contributed by atoms with Crippen molar-refractivity contribution in [2.45, 2.75) is 33.7 Å². The largest absolute Gasteiger partial charge is 0.381 e. The molecule has 0 aliphatic carbocycles. The summed E-state index contributed by atoms with van der Waals surface area (Å²) < 4.78 is 7.63. The molecule has 0 aliphatic heterocycles. The van der Waals surface area contributed by atoms with Crippen molar-refractivity contribution in [1.29, 1.82) is 0 Å². The lowest BCUT2D eigenvalue weighted by atomic mass is 10.2. The second-order valence-electron chi connectivity index (χ2n) is 6.17. The lowest BCUT2D eigenvalue weighted by molar-refractivity contribution is 0.109. The molecule has 0 bridgehead atoms. The second kappa shape index (κ2) is 12.8. The molecule has 0 radical (unpaired) electrons. The summed E-state index contributed by atoms with van der Waals surface area (Å²) in [5.41, 5.74) is 1.16. The van der Waals surface area contributed by atoms with Gasteiger partial charge in [0, 0.05) is 52.3 Å². The summed E-state index contributed by atoms with van der Waals surface area (Å²) in [4.78, 5) is 6.79. The fourth-order valence-corrected chi connectivity index (χ4v) is 2.45. The number of aliphatic imine (C=N–C) groups is 1. The van der Waals surface area contributed by atoms with Crippen molar-refractivity contribution >= 4 is 41.5 Å². The van der Waals surface area contributed by atoms with Crippen LogP contribution in [-0.2, 0) is 18.3 Å². The van der Waals surface area contributed by atoms with Crippen molar-refractivity contribution < 1.29 is 4.74 Å². The summed E-state index contributed by atoms with van der Waals surface area (Å²) >= 11 is 6.05. The number of nitrogens with one attached hydrogen (secondary N) is 1. The van der Waals surface area contributed by atoms with Gasteiger partial charge in [-0.3, -0.25) is 4.99 Å². The van der Waals surface area contributed by atoms with Crippen LogP contribution in [0.2, 0.25) is 5.02 Å². The standard InChI is InChI=1S/C17H31ClN4O.HI/c1-6-19-17(20-8-7-9-23-13-14(2)3)22(5)12-16-10-15(18)11-21(16)4;/h10-11,14H,6-9,12-13H2,1-5H3,(H,19,20);1H. The van der Waals surface area contributed by atoms with Crippen molar-refractivity contribution in [2.75, 3.05) is 33.4 Å². The van der Waals surface area contributed by atoms with Gasteiger partial charge in [-0.15, -0.1) is 24.0 Å². The predicted molar refractivity (Wildman–Crippen MR) is 114 cm³/mol. The van der Waals surface area contributed by atoms with Crippen LogP contribution in [0.15, 0.2) is 17.3 Å². The van der Waals surface area contributed by atoms with Crippen LogP contribution in [0, 0.1) is 5.92 Å². The molecule has 0 amide bonds. The highest BCUT2D eigenvalue weighted by atomic mass is 127. The molecule has 1 aromatic rings. The number of halogens is 2. The van der Waals surface area contributed by atoms with Gasteiger partial charge in [0.15, 0.2) is 5.96 Å². The van der Waals surface area contributed by atoms with E-state index in [4.69, 9.17) is 16.3 Å². The van der Waals surface area contributed by atoms with Crippen LogP contribution in [0.5, 0.6) is 0 Å². The topological polar surface area (TPSA) is 41.8 Å². The van der Waals surface area contributed by atoms with Crippen molar-refractivity contribution in [3.63, 3.8) is 0 Å². The van der Waals surface area contributed by atoms with E-state index < -0.39 is 0 Å². The molecule has 0 unspecified atom stereocenters. The van der Waals surface area contributed by atoms with Crippen LogP contribution in [-0.4, -0.2) is 48.8 Å². The van der Waals surface area contributed by atoms with Crippen LogP contribution < -0.4 is 5.32 Å². The molecule has 0 atom stereocenters. The first-order valence-corrected chi connectivity index (χ1v) is 8.69. The summed E-state index contributed by atoms with van der Waals surface area (Å²) in [5.74, 6) is 1.49. The summed E-state index contributed by atoms with van der Waals surface area (Å²) in [6, 6.07) is 1.99. The van der Waals surface area contributed by atoms with Crippen LogP contribution in [0.4, 0.5) is 0 Å². The summed E-state index contributed by atoms with van der Waals surface area (Å²) in [7, 11) is 4.04. The van der Waals surface area contributed by atoms with Gasteiger partial charge in [-0.05, 0) is 25.3 Å². The maximum absolute atomic E-state index is 6.05. The maximum atomic E-state index is 6.05. The second-order valence-corrected chi connectivity index (χ2v) is 6.61. The normalized spacial score (nSPS) is 11.5. The Balaban J connectivity index is 0.00000529. The van der Waals surface area contributed by atoms with E-state index >= 15 is 0 Å². The van der Waals surface area contributed by atoms with Crippen LogP contribution >= 0.6 is 35.6 Å². The quantitative estimate of drug-likeness (QED) is 0.259. The number of nitrogens with zero attached hydrogens (tertiary/aromatic N) is 3. The highest BCUT2D eigenvalue weighted by molar-refractivity contribution is 14.0. The third-order valence-corrected chi connectivity index (χ3v) is 3.54. The van der Waals surface area contributed by atoms with Crippen molar-refractivity contribution in [3.05, 3.63) is 23.0 Å². The lowest BCUT2D eigenvalue weighted by Crippen LogP contribution is -2.39. The predicted octanol–water partition coefficient (Wildman–Crippen LogP) is 3.76. The number of rotatable bonds is 9. The van der Waals surface area contributed by atoms with Crippen molar-refractivity contribution in [2.24, 2.45) is 18.0 Å². The third-order valence-electron chi connectivity index (χ3n) is 3.33. The number of aromatic nitrogens is 1. The summed E-state index contributed by atoms with van der Waals surface area (Å²) in [5, 5.41) is 4.09. The fourth-order valence-electron chi connectivity index (χ4n) is 2.18. The fraction of sp³-hybridized carbons (Fsp3) is 0.706. The van der Waals surface area contributed by atoms with Gasteiger partial charge < -0.3 is 19.5 Å². The number of guanidine groups is 1. The third kappa shape index (κ3) is 9.13. The highest BCUT2D eigenvalue weighted by Gasteiger charge is 2.09. The first kappa shape index (κ1) is 23.5. The lowest BCUT2D eigenvalue weighted by Gasteiger charge is -2.22. The molecule has 1 aromatic heterocycles. The molecule has 1 N–H and O–H groups in total. The van der Waals surface area contributed by atoms with E-state index in [-0.39, 0.29) is 24.0 Å². The Hall–Kier alpha value is -0.470. The van der Waals surface area contributed by atoms with E-state index in [1.54, 1.807) is 0 Å². The molecule has 1 heterocycles. The first-order valence-electron chi connectivity index (χ1n) is 8.32. The Morgan fingerprint density at radius 2 is 2.17 bits per heavy atom. The molecule has 7 heteroatoms. The Bertz CT molecular complexity index is 491. The van der Waals surface area contributed by atoms with Crippen LogP contribution in [0.3, 0.4) is 0 Å². The minimum absolute atomic E-state index is 0. The molecule has 140 valence electrons. The molecular formula is C17H32ClIN4O. The molecule has 0 spiro atoms. The SMILES string of the molecule is CCNC(=NCCCOCC(C)C)N(C)Cc1cc(Cl)cn1C.I. The minimum Gasteiger partial charge on any atom is -0.381 e. The Morgan fingerprint density at radius 3 is 2.71 bits per heavy atom. The number of aryl methyl sites for hydroxylation is 1. The van der Waals surface area contributed by atoms with Gasteiger partial charge in [-0.25, -0.2) is 0 Å². The zero-order valence-electron chi connectivity index (χ0n) is 15.5. The average molecular weight is 471 g/mol. The molecule has 0 fully saturated rings. The summed E-state index contributed by atoms with van der Waals surface area (Å²) in [6.45, 7) is 10.3. The number of ether oxygens (including phenoxy) is 1. The Morgan fingerprint density at radius 1 is 1.46 bits per heavy atom. The molecule has 1 rings (SSSR count). The van der Waals surface area contributed by atoms with Gasteiger partial charge in [0.05, 0.1) is 11.6 Å². The van der Waals surface area contributed by atoms with Crippen molar-refractivity contribution in [1.82, 2.24) is 14.8 Å². The first-order chi connectivity index (χ1) is 10.9. The molecule has 0 saturated heterocycles. The number of hydrogen-bond acceptors (Lipinski definition) is 2. The van der Waals surface area contributed by atoms with E-state index in [2.05, 4.69) is 36.0 Å². The van der Waals surface area contributed by atoms with Crippen molar-refractivity contribution in [3.8, 4) is 0 Å². The van der Waals surface area contributed by atoms with E-state index in [0.717, 1.165) is 55.9 Å². The molecule has 5 nitrogen and oxygen atoms in total. The Kier molecular flexibility index (Phi) is 12.6. The average Bonchev–Trinajstić information content (AvgIpc) is 2.78. The molecule has 0 aromatic carbocycles. The van der Waals surface area contributed by atoms with Crippen LogP contribution in [0.1, 0.15) is 32.9 Å². The highest BCUT2D eigenvalue weighted by Crippen LogP contribution is 2.14. The van der Waals surface area contributed by atoms with Gasteiger partial charge >= 0.3 is 0 Å². The van der Waals surface area contributed by atoms with Gasteiger partial charge in [-0.1, -0.05) is 25.4 Å².